The normalized spacial score (nSPS) is 15.1. The van der Waals surface area contributed by atoms with Gasteiger partial charge in [-0.3, -0.25) is 9.59 Å². The Labute approximate surface area is 209 Å². The largest absolute Gasteiger partial charge is 0.404 e. The summed E-state index contributed by atoms with van der Waals surface area (Å²) >= 11 is 6.02. The number of carbonyl (C=O) groups is 2. The number of alkyl halides is 3. The first kappa shape index (κ1) is 28.7. The van der Waals surface area contributed by atoms with E-state index in [4.69, 9.17) is 11.6 Å². The summed E-state index contributed by atoms with van der Waals surface area (Å²) in [6.07, 6.45) is 0.464. The number of halogens is 4. The SMILES string of the molecule is CN.O=Cc1ccc(NCCCCC2CCN(C(=O)C(c3ccccc3)C(F)(F)F)CC2)cc1Cl. The molecule has 0 radical (unpaired) electrons. The van der Waals surface area contributed by atoms with Crippen LogP contribution in [0.1, 0.15) is 53.9 Å². The molecule has 3 N–H and O–H groups in total. The molecule has 0 bridgehead atoms. The number of aldehydes is 1. The summed E-state index contributed by atoms with van der Waals surface area (Å²) in [6.45, 7) is 1.49. The van der Waals surface area contributed by atoms with Gasteiger partial charge < -0.3 is 16.0 Å². The summed E-state index contributed by atoms with van der Waals surface area (Å²) in [7, 11) is 1.50. The van der Waals surface area contributed by atoms with Crippen molar-refractivity contribution in [1.29, 1.82) is 0 Å². The maximum atomic E-state index is 13.6. The lowest BCUT2D eigenvalue weighted by molar-refractivity contribution is -0.172. The predicted octanol–water partition coefficient (Wildman–Crippen LogP) is 5.89. The molecule has 0 aliphatic carbocycles. The first-order valence-corrected chi connectivity index (χ1v) is 12.1. The van der Waals surface area contributed by atoms with Crippen LogP contribution in [0.4, 0.5) is 18.9 Å². The fourth-order valence-corrected chi connectivity index (χ4v) is 4.49. The van der Waals surface area contributed by atoms with Gasteiger partial charge in [0.2, 0.25) is 5.91 Å². The molecule has 1 fully saturated rings. The van der Waals surface area contributed by atoms with Crippen LogP contribution in [-0.2, 0) is 4.79 Å². The van der Waals surface area contributed by atoms with Gasteiger partial charge >= 0.3 is 6.18 Å². The van der Waals surface area contributed by atoms with E-state index in [-0.39, 0.29) is 5.56 Å². The third-order valence-electron chi connectivity index (χ3n) is 6.13. The number of amides is 1. The Morgan fingerprint density at radius 1 is 1.14 bits per heavy atom. The van der Waals surface area contributed by atoms with Gasteiger partial charge in [0.1, 0.15) is 0 Å². The highest BCUT2D eigenvalue weighted by atomic mass is 35.5. The summed E-state index contributed by atoms with van der Waals surface area (Å²) in [5.41, 5.74) is 5.80. The Hall–Kier alpha value is -2.58. The van der Waals surface area contributed by atoms with Crippen molar-refractivity contribution in [2.24, 2.45) is 11.7 Å². The monoisotopic (exact) mass is 511 g/mol. The summed E-state index contributed by atoms with van der Waals surface area (Å²) in [5, 5.41) is 3.69. The second kappa shape index (κ2) is 14.1. The topological polar surface area (TPSA) is 75.4 Å². The molecule has 2 aromatic carbocycles. The Balaban J connectivity index is 0.00000210. The smallest absolute Gasteiger partial charge is 0.385 e. The van der Waals surface area contributed by atoms with Gasteiger partial charge in [-0.1, -0.05) is 54.8 Å². The second-order valence-electron chi connectivity index (χ2n) is 8.43. The molecule has 1 heterocycles. The lowest BCUT2D eigenvalue weighted by atomic mass is 9.90. The van der Waals surface area contributed by atoms with Gasteiger partial charge in [0, 0.05) is 30.9 Å². The fourth-order valence-electron chi connectivity index (χ4n) is 4.27. The molecule has 3 rings (SSSR count). The molecule has 9 heteroatoms. The van der Waals surface area contributed by atoms with Crippen molar-refractivity contribution in [3.05, 3.63) is 64.7 Å². The molecule has 2 aromatic rings. The molecule has 1 aliphatic heterocycles. The number of unbranched alkanes of at least 4 members (excludes halogenated alkanes) is 1. The molecule has 0 saturated carbocycles. The average molecular weight is 512 g/mol. The minimum Gasteiger partial charge on any atom is -0.385 e. The van der Waals surface area contributed by atoms with Crippen LogP contribution >= 0.6 is 11.6 Å². The van der Waals surface area contributed by atoms with Crippen molar-refractivity contribution in [1.82, 2.24) is 4.90 Å². The van der Waals surface area contributed by atoms with Crippen molar-refractivity contribution >= 4 is 29.5 Å². The number of piperidine rings is 1. The van der Waals surface area contributed by atoms with E-state index in [0.29, 0.717) is 29.6 Å². The number of likely N-dealkylation sites (tertiary alicyclic amines) is 1. The number of nitrogens with two attached hydrogens (primary N) is 1. The first-order valence-electron chi connectivity index (χ1n) is 11.8. The zero-order chi connectivity index (χ0) is 25.8. The average Bonchev–Trinajstić information content (AvgIpc) is 2.85. The van der Waals surface area contributed by atoms with Crippen LogP contribution in [0.25, 0.3) is 0 Å². The zero-order valence-corrected chi connectivity index (χ0v) is 20.6. The zero-order valence-electron chi connectivity index (χ0n) is 19.9. The van der Waals surface area contributed by atoms with Gasteiger partial charge in [0.05, 0.1) is 5.02 Å². The summed E-state index contributed by atoms with van der Waals surface area (Å²) in [6, 6.07) is 12.6. The lowest BCUT2D eigenvalue weighted by Gasteiger charge is -2.35. The molecule has 1 saturated heterocycles. The molecule has 1 amide bonds. The predicted molar refractivity (Wildman–Crippen MR) is 134 cm³/mol. The number of hydrogen-bond donors (Lipinski definition) is 2. The summed E-state index contributed by atoms with van der Waals surface area (Å²) in [4.78, 5) is 24.9. The van der Waals surface area contributed by atoms with E-state index in [1.807, 2.05) is 6.07 Å². The van der Waals surface area contributed by atoms with Crippen molar-refractivity contribution in [3.8, 4) is 0 Å². The molecule has 35 heavy (non-hydrogen) atoms. The summed E-state index contributed by atoms with van der Waals surface area (Å²) in [5.74, 6) is -2.54. The highest BCUT2D eigenvalue weighted by Gasteiger charge is 2.47. The third-order valence-corrected chi connectivity index (χ3v) is 6.46. The number of benzene rings is 2. The number of nitrogens with one attached hydrogen (secondary N) is 1. The van der Waals surface area contributed by atoms with E-state index in [1.54, 1.807) is 18.2 Å². The minimum absolute atomic E-state index is 0.00768. The molecule has 1 atom stereocenters. The highest BCUT2D eigenvalue weighted by molar-refractivity contribution is 6.33. The fraction of sp³-hybridized carbons (Fsp3) is 0.462. The van der Waals surface area contributed by atoms with Crippen molar-refractivity contribution < 1.29 is 22.8 Å². The van der Waals surface area contributed by atoms with Gasteiger partial charge in [0.25, 0.3) is 0 Å². The van der Waals surface area contributed by atoms with E-state index >= 15 is 0 Å². The number of rotatable bonds is 9. The van der Waals surface area contributed by atoms with Crippen LogP contribution in [0.5, 0.6) is 0 Å². The Morgan fingerprint density at radius 3 is 2.37 bits per heavy atom. The van der Waals surface area contributed by atoms with Gasteiger partial charge in [-0.05, 0) is 56.0 Å². The number of anilines is 1. The van der Waals surface area contributed by atoms with Gasteiger partial charge in [-0.2, -0.15) is 13.2 Å². The van der Waals surface area contributed by atoms with Crippen LogP contribution in [0.15, 0.2) is 48.5 Å². The number of hydrogen-bond acceptors (Lipinski definition) is 4. The molecule has 5 nitrogen and oxygen atoms in total. The first-order chi connectivity index (χ1) is 16.8. The molecular formula is C26H33ClF3N3O2. The van der Waals surface area contributed by atoms with Crippen LogP contribution < -0.4 is 11.1 Å². The Bertz CT molecular complexity index is 933. The second-order valence-corrected chi connectivity index (χ2v) is 8.84. The molecule has 1 unspecified atom stereocenters. The van der Waals surface area contributed by atoms with Crippen LogP contribution in [0.2, 0.25) is 5.02 Å². The highest BCUT2D eigenvalue weighted by Crippen LogP contribution is 2.37. The molecule has 192 valence electrons. The minimum atomic E-state index is -4.61. The van der Waals surface area contributed by atoms with Crippen LogP contribution in [0.3, 0.4) is 0 Å². The van der Waals surface area contributed by atoms with E-state index in [9.17, 15) is 22.8 Å². The van der Waals surface area contributed by atoms with E-state index < -0.39 is 18.0 Å². The molecule has 0 aromatic heterocycles. The Kier molecular flexibility index (Phi) is 11.5. The standard InChI is InChI=1S/C25H28ClF3N2O2.CH5N/c26-22-16-21(10-9-20(22)17-32)30-13-5-4-6-18-11-14-31(15-12-18)24(33)23(25(27,28)29)19-7-2-1-3-8-19;1-2/h1-3,7-10,16-18,23,30H,4-6,11-15H2;2H2,1H3. The quantitative estimate of drug-likeness (QED) is 0.325. The molecular weight excluding hydrogens is 479 g/mol. The van der Waals surface area contributed by atoms with Crippen molar-refractivity contribution in [3.63, 3.8) is 0 Å². The molecule has 0 spiro atoms. The Morgan fingerprint density at radius 2 is 1.80 bits per heavy atom. The van der Waals surface area contributed by atoms with Crippen molar-refractivity contribution in [2.45, 2.75) is 44.2 Å². The number of nitrogens with zero attached hydrogens (tertiary/aromatic N) is 1. The maximum absolute atomic E-state index is 13.6. The van der Waals surface area contributed by atoms with E-state index in [0.717, 1.165) is 50.6 Å². The van der Waals surface area contributed by atoms with E-state index in [2.05, 4.69) is 11.1 Å². The summed E-state index contributed by atoms with van der Waals surface area (Å²) < 4.78 is 40.9. The maximum Gasteiger partial charge on any atom is 0.404 e. The van der Waals surface area contributed by atoms with Crippen molar-refractivity contribution in [2.75, 3.05) is 32.0 Å². The van der Waals surface area contributed by atoms with Crippen LogP contribution in [-0.4, -0.2) is 50.0 Å². The van der Waals surface area contributed by atoms with E-state index in [1.165, 1.54) is 36.2 Å². The molecule has 1 aliphatic rings. The van der Waals surface area contributed by atoms with Crippen LogP contribution in [0, 0.1) is 5.92 Å². The number of carbonyl (C=O) groups excluding carboxylic acids is 2. The van der Waals surface area contributed by atoms with Gasteiger partial charge in [0.15, 0.2) is 12.2 Å². The third kappa shape index (κ3) is 8.54. The van der Waals surface area contributed by atoms with Gasteiger partial charge in [-0.15, -0.1) is 0 Å². The lowest BCUT2D eigenvalue weighted by Crippen LogP contribution is -2.44. The van der Waals surface area contributed by atoms with Gasteiger partial charge in [-0.25, -0.2) is 0 Å².